The molecule has 0 bridgehead atoms. The van der Waals surface area contributed by atoms with Crippen molar-refractivity contribution in [2.45, 2.75) is 19.9 Å². The molecule has 1 aliphatic heterocycles. The van der Waals surface area contributed by atoms with Crippen LogP contribution < -0.4 is 25.4 Å². The minimum absolute atomic E-state index is 0.118. The van der Waals surface area contributed by atoms with Crippen LogP contribution in [0.25, 0.3) is 0 Å². The van der Waals surface area contributed by atoms with Gasteiger partial charge in [0, 0.05) is 11.4 Å². The summed E-state index contributed by atoms with van der Waals surface area (Å²) in [4.78, 5) is 25.2. The fraction of sp³-hybridized carbons (Fsp3) is 0.227. The van der Waals surface area contributed by atoms with E-state index in [9.17, 15) is 9.59 Å². The molecule has 3 amide bonds. The molecule has 0 unspecified atom stereocenters. The van der Waals surface area contributed by atoms with Crippen molar-refractivity contribution in [3.8, 4) is 17.6 Å². The molecule has 0 spiro atoms. The SMILES string of the molecule is CCOc1cc([C@@H]2NC(=O)NC(C)=C2C(=O)Nc2ccccc2)ccc1OCC#N. The first-order chi connectivity index (χ1) is 14.5. The van der Waals surface area contributed by atoms with Crippen LogP contribution >= 0.6 is 0 Å². The fourth-order valence-electron chi connectivity index (χ4n) is 3.17. The van der Waals surface area contributed by atoms with Crippen LogP contribution in [0, 0.1) is 11.3 Å². The van der Waals surface area contributed by atoms with Crippen molar-refractivity contribution < 1.29 is 19.1 Å². The highest BCUT2D eigenvalue weighted by Crippen LogP contribution is 2.34. The zero-order chi connectivity index (χ0) is 21.5. The predicted octanol–water partition coefficient (Wildman–Crippen LogP) is 3.25. The number of benzene rings is 2. The van der Waals surface area contributed by atoms with Crippen LogP contribution in [0.3, 0.4) is 0 Å². The van der Waals surface area contributed by atoms with Crippen molar-refractivity contribution in [2.75, 3.05) is 18.5 Å². The summed E-state index contributed by atoms with van der Waals surface area (Å²) in [5, 5.41) is 17.1. The molecule has 2 aromatic rings. The molecule has 0 aromatic heterocycles. The molecule has 3 rings (SSSR count). The number of hydrogen-bond donors (Lipinski definition) is 3. The lowest BCUT2D eigenvalue weighted by Crippen LogP contribution is -2.46. The summed E-state index contributed by atoms with van der Waals surface area (Å²) in [6, 6.07) is 15.0. The smallest absolute Gasteiger partial charge is 0.319 e. The van der Waals surface area contributed by atoms with Gasteiger partial charge in [0.1, 0.15) is 6.07 Å². The third-order valence-corrected chi connectivity index (χ3v) is 4.44. The van der Waals surface area contributed by atoms with Gasteiger partial charge in [0.25, 0.3) is 5.91 Å². The molecule has 0 saturated carbocycles. The molecule has 1 aliphatic rings. The van der Waals surface area contributed by atoms with Gasteiger partial charge < -0.3 is 25.4 Å². The first-order valence-electron chi connectivity index (χ1n) is 9.44. The summed E-state index contributed by atoms with van der Waals surface area (Å²) in [5.41, 5.74) is 2.13. The van der Waals surface area contributed by atoms with Crippen molar-refractivity contribution in [3.05, 3.63) is 65.4 Å². The molecular formula is C22H22N4O4. The Morgan fingerprint density at radius 2 is 1.93 bits per heavy atom. The highest BCUT2D eigenvalue weighted by Gasteiger charge is 2.31. The minimum atomic E-state index is -0.688. The van der Waals surface area contributed by atoms with Crippen molar-refractivity contribution in [3.63, 3.8) is 0 Å². The van der Waals surface area contributed by atoms with E-state index >= 15 is 0 Å². The molecule has 154 valence electrons. The number of urea groups is 1. The van der Waals surface area contributed by atoms with Crippen LogP contribution in [-0.4, -0.2) is 25.2 Å². The van der Waals surface area contributed by atoms with E-state index in [0.717, 1.165) is 0 Å². The first-order valence-corrected chi connectivity index (χ1v) is 9.44. The van der Waals surface area contributed by atoms with Crippen LogP contribution in [0.2, 0.25) is 0 Å². The van der Waals surface area contributed by atoms with E-state index in [2.05, 4.69) is 16.0 Å². The second kappa shape index (κ2) is 9.47. The van der Waals surface area contributed by atoms with Gasteiger partial charge in [0.05, 0.1) is 18.2 Å². The number of para-hydroxylation sites is 1. The van der Waals surface area contributed by atoms with E-state index in [0.29, 0.717) is 40.6 Å². The Balaban J connectivity index is 1.96. The van der Waals surface area contributed by atoms with Gasteiger partial charge in [-0.25, -0.2) is 4.79 Å². The number of carbonyl (C=O) groups is 2. The summed E-state index contributed by atoms with van der Waals surface area (Å²) in [7, 11) is 0. The Morgan fingerprint density at radius 3 is 2.63 bits per heavy atom. The number of carbonyl (C=O) groups excluding carboxylic acids is 2. The molecule has 0 saturated heterocycles. The number of amides is 3. The van der Waals surface area contributed by atoms with Crippen molar-refractivity contribution in [1.82, 2.24) is 10.6 Å². The van der Waals surface area contributed by atoms with E-state index in [1.165, 1.54) is 0 Å². The normalized spacial score (nSPS) is 15.5. The zero-order valence-corrected chi connectivity index (χ0v) is 16.7. The van der Waals surface area contributed by atoms with Crippen LogP contribution in [0.1, 0.15) is 25.5 Å². The van der Waals surface area contributed by atoms with Crippen LogP contribution in [0.5, 0.6) is 11.5 Å². The van der Waals surface area contributed by atoms with Gasteiger partial charge in [0.15, 0.2) is 18.1 Å². The number of allylic oxidation sites excluding steroid dienone is 1. The predicted molar refractivity (Wildman–Crippen MR) is 111 cm³/mol. The van der Waals surface area contributed by atoms with Crippen LogP contribution in [0.4, 0.5) is 10.5 Å². The Hall–Kier alpha value is -3.99. The van der Waals surface area contributed by atoms with Gasteiger partial charge in [-0.3, -0.25) is 4.79 Å². The first kappa shape index (κ1) is 20.7. The summed E-state index contributed by atoms with van der Waals surface area (Å²) in [6.45, 7) is 3.78. The summed E-state index contributed by atoms with van der Waals surface area (Å²) < 4.78 is 11.0. The number of rotatable bonds is 7. The van der Waals surface area contributed by atoms with Crippen LogP contribution in [0.15, 0.2) is 59.8 Å². The largest absolute Gasteiger partial charge is 0.490 e. The third-order valence-electron chi connectivity index (χ3n) is 4.44. The van der Waals surface area contributed by atoms with Crippen molar-refractivity contribution >= 4 is 17.6 Å². The number of nitrogens with one attached hydrogen (secondary N) is 3. The van der Waals surface area contributed by atoms with Gasteiger partial charge in [-0.2, -0.15) is 5.26 Å². The number of anilines is 1. The standard InChI is InChI=1S/C22H22N4O4/c1-3-29-18-13-15(9-10-17(18)30-12-11-23)20-19(14(2)24-22(28)26-20)21(27)25-16-7-5-4-6-8-16/h4-10,13,20H,3,12H2,1-2H3,(H,25,27)(H2,24,26,28)/t20-/m0/s1. The molecule has 8 heteroatoms. The van der Waals surface area contributed by atoms with Gasteiger partial charge in [-0.05, 0) is 43.7 Å². The van der Waals surface area contributed by atoms with E-state index in [-0.39, 0.29) is 12.5 Å². The number of nitriles is 1. The molecule has 0 radical (unpaired) electrons. The zero-order valence-electron chi connectivity index (χ0n) is 16.7. The lowest BCUT2D eigenvalue weighted by Gasteiger charge is -2.29. The maximum absolute atomic E-state index is 13.0. The van der Waals surface area contributed by atoms with E-state index in [1.54, 1.807) is 37.3 Å². The Labute approximate surface area is 174 Å². The Morgan fingerprint density at radius 1 is 1.17 bits per heavy atom. The highest BCUT2D eigenvalue weighted by atomic mass is 16.5. The molecule has 2 aromatic carbocycles. The maximum Gasteiger partial charge on any atom is 0.319 e. The van der Waals surface area contributed by atoms with Gasteiger partial charge in [-0.1, -0.05) is 24.3 Å². The summed E-state index contributed by atoms with van der Waals surface area (Å²) in [6.07, 6.45) is 0. The lowest BCUT2D eigenvalue weighted by molar-refractivity contribution is -0.113. The highest BCUT2D eigenvalue weighted by molar-refractivity contribution is 6.06. The van der Waals surface area contributed by atoms with E-state index in [4.69, 9.17) is 14.7 Å². The Bertz CT molecular complexity index is 1010. The molecule has 30 heavy (non-hydrogen) atoms. The van der Waals surface area contributed by atoms with Gasteiger partial charge >= 0.3 is 6.03 Å². The second-order valence-corrected chi connectivity index (χ2v) is 6.48. The maximum atomic E-state index is 13.0. The third kappa shape index (κ3) is 4.70. The number of nitrogens with zero attached hydrogens (tertiary/aromatic N) is 1. The van der Waals surface area contributed by atoms with E-state index < -0.39 is 12.1 Å². The quantitative estimate of drug-likeness (QED) is 0.653. The van der Waals surface area contributed by atoms with Crippen molar-refractivity contribution in [1.29, 1.82) is 5.26 Å². The molecule has 0 fully saturated rings. The summed E-state index contributed by atoms with van der Waals surface area (Å²) in [5.74, 6) is 0.510. The fourth-order valence-corrected chi connectivity index (χ4v) is 3.17. The minimum Gasteiger partial charge on any atom is -0.490 e. The molecule has 0 aliphatic carbocycles. The average Bonchev–Trinajstić information content (AvgIpc) is 2.73. The van der Waals surface area contributed by atoms with E-state index in [1.807, 2.05) is 31.2 Å². The van der Waals surface area contributed by atoms with Crippen molar-refractivity contribution in [2.24, 2.45) is 0 Å². The number of hydrogen-bond acceptors (Lipinski definition) is 5. The molecular weight excluding hydrogens is 384 g/mol. The van der Waals surface area contributed by atoms with Crippen LogP contribution in [-0.2, 0) is 4.79 Å². The lowest BCUT2D eigenvalue weighted by atomic mass is 9.94. The molecule has 1 heterocycles. The molecule has 1 atom stereocenters. The average molecular weight is 406 g/mol. The topological polar surface area (TPSA) is 112 Å². The molecule has 3 N–H and O–H groups in total. The Kier molecular flexibility index (Phi) is 6.55. The van der Waals surface area contributed by atoms with Gasteiger partial charge in [-0.15, -0.1) is 0 Å². The van der Waals surface area contributed by atoms with Gasteiger partial charge in [0.2, 0.25) is 0 Å². The monoisotopic (exact) mass is 406 g/mol. The summed E-state index contributed by atoms with van der Waals surface area (Å²) >= 11 is 0. The second-order valence-electron chi connectivity index (χ2n) is 6.48. The number of ether oxygens (including phenoxy) is 2. The molecule has 8 nitrogen and oxygen atoms in total.